The lowest BCUT2D eigenvalue weighted by molar-refractivity contribution is -0.0422. The Morgan fingerprint density at radius 1 is 1.44 bits per heavy atom. The van der Waals surface area contributed by atoms with Gasteiger partial charge in [0.15, 0.2) is 0 Å². The summed E-state index contributed by atoms with van der Waals surface area (Å²) in [6.07, 6.45) is 2.90. The van der Waals surface area contributed by atoms with Crippen molar-refractivity contribution in [3.8, 4) is 0 Å². The molecule has 2 heterocycles. The predicted molar refractivity (Wildman–Crippen MR) is 69.2 cm³/mol. The fraction of sp³-hybridized carbons (Fsp3) is 0.667. The average Bonchev–Trinajstić information content (AvgIpc) is 2.59. The molecular formula is C12H18ClNOS. The molecule has 2 rings (SSSR count). The van der Waals surface area contributed by atoms with Crippen LogP contribution in [-0.4, -0.2) is 18.2 Å². The predicted octanol–water partition coefficient (Wildman–Crippen LogP) is 3.45. The minimum absolute atomic E-state index is 0.361. The van der Waals surface area contributed by atoms with E-state index in [0.29, 0.717) is 18.2 Å². The maximum atomic E-state index is 6.06. The van der Waals surface area contributed by atoms with E-state index in [1.165, 1.54) is 4.88 Å². The van der Waals surface area contributed by atoms with Crippen molar-refractivity contribution in [2.75, 3.05) is 0 Å². The Hall–Kier alpha value is -0.0900. The van der Waals surface area contributed by atoms with Crippen molar-refractivity contribution >= 4 is 22.9 Å². The highest BCUT2D eigenvalue weighted by molar-refractivity contribution is 7.10. The van der Waals surface area contributed by atoms with Crippen molar-refractivity contribution in [1.29, 1.82) is 0 Å². The molecule has 90 valence electrons. The van der Waals surface area contributed by atoms with E-state index in [1.807, 2.05) is 11.4 Å². The van der Waals surface area contributed by atoms with E-state index < -0.39 is 0 Å². The monoisotopic (exact) mass is 259 g/mol. The molecule has 0 aromatic carbocycles. The van der Waals surface area contributed by atoms with E-state index in [0.717, 1.165) is 24.4 Å². The smallest absolute Gasteiger partial charge is 0.0565 e. The molecule has 0 radical (unpaired) electrons. The number of hydrogen-bond donors (Lipinski definition) is 1. The molecule has 16 heavy (non-hydrogen) atoms. The largest absolute Gasteiger partial charge is 0.375 e. The van der Waals surface area contributed by atoms with Crippen molar-refractivity contribution < 1.29 is 4.74 Å². The summed E-state index contributed by atoms with van der Waals surface area (Å²) in [5.41, 5.74) is 0. The van der Waals surface area contributed by atoms with E-state index in [1.54, 1.807) is 11.3 Å². The van der Waals surface area contributed by atoms with Crippen molar-refractivity contribution in [2.45, 2.75) is 51.5 Å². The van der Waals surface area contributed by atoms with Gasteiger partial charge in [-0.25, -0.2) is 0 Å². The maximum Gasteiger partial charge on any atom is 0.0565 e. The van der Waals surface area contributed by atoms with Crippen LogP contribution in [0, 0.1) is 0 Å². The fourth-order valence-corrected chi connectivity index (χ4v) is 3.31. The second-order valence-electron chi connectivity index (χ2n) is 4.50. The Balaban J connectivity index is 1.84. The van der Waals surface area contributed by atoms with Crippen LogP contribution in [0.15, 0.2) is 11.4 Å². The van der Waals surface area contributed by atoms with Gasteiger partial charge in [-0.05, 0) is 38.1 Å². The van der Waals surface area contributed by atoms with Crippen LogP contribution in [0.4, 0.5) is 0 Å². The van der Waals surface area contributed by atoms with Crippen LogP contribution in [0.3, 0.4) is 0 Å². The fourth-order valence-electron chi connectivity index (χ4n) is 2.26. The third kappa shape index (κ3) is 3.20. The first-order chi connectivity index (χ1) is 7.65. The number of nitrogens with one attached hydrogen (secondary N) is 1. The van der Waals surface area contributed by atoms with Crippen molar-refractivity contribution in [1.82, 2.24) is 5.32 Å². The van der Waals surface area contributed by atoms with Crippen LogP contribution in [0.2, 0.25) is 5.02 Å². The van der Waals surface area contributed by atoms with Crippen LogP contribution >= 0.6 is 22.9 Å². The number of thiophene rings is 1. The summed E-state index contributed by atoms with van der Waals surface area (Å²) < 4.78 is 5.71. The molecule has 0 saturated carbocycles. The van der Waals surface area contributed by atoms with Gasteiger partial charge in [0, 0.05) is 17.5 Å². The summed E-state index contributed by atoms with van der Waals surface area (Å²) in [6.45, 7) is 5.16. The van der Waals surface area contributed by atoms with Crippen molar-refractivity contribution in [3.63, 3.8) is 0 Å². The lowest BCUT2D eigenvalue weighted by atomic mass is 10.00. The lowest BCUT2D eigenvalue weighted by Crippen LogP contribution is -2.40. The standard InChI is InChI=1S/C12H18ClNOS/c1-8-5-10(6-9(2)15-8)14-7-12-11(13)3-4-16-12/h3-4,8-10,14H,5-7H2,1-2H3/t8-,9+,10?. The molecule has 1 saturated heterocycles. The Morgan fingerprint density at radius 2 is 2.12 bits per heavy atom. The molecule has 1 unspecified atom stereocenters. The van der Waals surface area contributed by atoms with Gasteiger partial charge in [0.1, 0.15) is 0 Å². The first-order valence-corrected chi connectivity index (χ1v) is 7.01. The van der Waals surface area contributed by atoms with Crippen molar-refractivity contribution in [3.05, 3.63) is 21.3 Å². The molecule has 2 nitrogen and oxygen atoms in total. The average molecular weight is 260 g/mol. The lowest BCUT2D eigenvalue weighted by Gasteiger charge is -2.32. The minimum atomic E-state index is 0.361. The van der Waals surface area contributed by atoms with Gasteiger partial charge in [0.05, 0.1) is 17.2 Å². The summed E-state index contributed by atoms with van der Waals surface area (Å²) in [5, 5.41) is 6.49. The van der Waals surface area contributed by atoms with Gasteiger partial charge in [-0.1, -0.05) is 11.6 Å². The molecule has 1 aliphatic heterocycles. The molecule has 1 fully saturated rings. The molecular weight excluding hydrogens is 242 g/mol. The van der Waals surface area contributed by atoms with Crippen LogP contribution in [-0.2, 0) is 11.3 Å². The van der Waals surface area contributed by atoms with E-state index in [2.05, 4.69) is 19.2 Å². The molecule has 3 atom stereocenters. The first kappa shape index (κ1) is 12.4. The molecule has 1 N–H and O–H groups in total. The molecule has 0 spiro atoms. The highest BCUT2D eigenvalue weighted by atomic mass is 35.5. The second kappa shape index (κ2) is 5.50. The summed E-state index contributed by atoms with van der Waals surface area (Å²) >= 11 is 7.77. The van der Waals surface area contributed by atoms with Gasteiger partial charge in [-0.15, -0.1) is 11.3 Å². The van der Waals surface area contributed by atoms with Crippen molar-refractivity contribution in [2.24, 2.45) is 0 Å². The normalized spacial score (nSPS) is 30.6. The van der Waals surface area contributed by atoms with Crippen LogP contribution < -0.4 is 5.32 Å². The summed E-state index contributed by atoms with van der Waals surface area (Å²) in [5.74, 6) is 0. The SMILES string of the molecule is C[C@@H]1CC(NCc2sccc2Cl)C[C@H](C)O1. The molecule has 0 bridgehead atoms. The van der Waals surface area contributed by atoms with Gasteiger partial charge in [0.25, 0.3) is 0 Å². The van der Waals surface area contributed by atoms with Gasteiger partial charge in [-0.2, -0.15) is 0 Å². The van der Waals surface area contributed by atoms with Crippen LogP contribution in [0.1, 0.15) is 31.6 Å². The number of hydrogen-bond acceptors (Lipinski definition) is 3. The molecule has 1 aromatic heterocycles. The highest BCUT2D eigenvalue weighted by Crippen LogP contribution is 2.23. The van der Waals surface area contributed by atoms with E-state index in [-0.39, 0.29) is 0 Å². The number of halogens is 1. The number of ether oxygens (including phenoxy) is 1. The van der Waals surface area contributed by atoms with Gasteiger partial charge < -0.3 is 10.1 Å². The quantitative estimate of drug-likeness (QED) is 0.898. The molecule has 0 aliphatic carbocycles. The van der Waals surface area contributed by atoms with Gasteiger partial charge in [0.2, 0.25) is 0 Å². The Kier molecular flexibility index (Phi) is 4.25. The van der Waals surface area contributed by atoms with E-state index >= 15 is 0 Å². The Morgan fingerprint density at radius 3 is 2.69 bits per heavy atom. The van der Waals surface area contributed by atoms with E-state index in [9.17, 15) is 0 Å². The second-order valence-corrected chi connectivity index (χ2v) is 5.91. The molecule has 4 heteroatoms. The third-order valence-electron chi connectivity index (χ3n) is 2.94. The van der Waals surface area contributed by atoms with Crippen LogP contribution in [0.5, 0.6) is 0 Å². The van der Waals surface area contributed by atoms with Gasteiger partial charge >= 0.3 is 0 Å². The zero-order valence-electron chi connectivity index (χ0n) is 9.70. The molecule has 1 aliphatic rings. The summed E-state index contributed by atoms with van der Waals surface area (Å²) in [4.78, 5) is 1.23. The number of rotatable bonds is 3. The minimum Gasteiger partial charge on any atom is -0.375 e. The molecule has 0 amide bonds. The zero-order chi connectivity index (χ0) is 11.5. The Bertz CT molecular complexity index is 332. The van der Waals surface area contributed by atoms with Crippen LogP contribution in [0.25, 0.3) is 0 Å². The van der Waals surface area contributed by atoms with E-state index in [4.69, 9.17) is 16.3 Å². The summed E-state index contributed by atoms with van der Waals surface area (Å²) in [6, 6.07) is 2.51. The Labute approximate surface area is 106 Å². The first-order valence-electron chi connectivity index (χ1n) is 5.76. The molecule has 1 aromatic rings. The topological polar surface area (TPSA) is 21.3 Å². The highest BCUT2D eigenvalue weighted by Gasteiger charge is 2.23. The van der Waals surface area contributed by atoms with Gasteiger partial charge in [-0.3, -0.25) is 0 Å². The zero-order valence-corrected chi connectivity index (χ0v) is 11.3. The maximum absolute atomic E-state index is 6.06. The summed E-state index contributed by atoms with van der Waals surface area (Å²) in [7, 11) is 0. The third-order valence-corrected chi connectivity index (χ3v) is 4.33.